The molecule has 2 aliphatic rings. The van der Waals surface area contributed by atoms with Gasteiger partial charge in [-0.05, 0) is 61.4 Å². The van der Waals surface area contributed by atoms with E-state index in [0.717, 1.165) is 42.8 Å². The molecule has 0 aromatic heterocycles. The van der Waals surface area contributed by atoms with Crippen LogP contribution in [0.25, 0.3) is 0 Å². The molecule has 0 radical (unpaired) electrons. The number of carbonyl (C=O) groups excluding carboxylic acids is 3. The summed E-state index contributed by atoms with van der Waals surface area (Å²) in [5.41, 5.74) is 3.27. The summed E-state index contributed by atoms with van der Waals surface area (Å²) in [6, 6.07) is 13.3. The first-order valence-electron chi connectivity index (χ1n) is 15.1. The first-order valence-corrected chi connectivity index (χ1v) is 15.1. The summed E-state index contributed by atoms with van der Waals surface area (Å²) < 4.78 is 11.2. The lowest BCUT2D eigenvalue weighted by Gasteiger charge is -2.34. The van der Waals surface area contributed by atoms with Crippen molar-refractivity contribution in [3.05, 3.63) is 59.2 Å². The number of fused-ring (bicyclic) bond motifs is 1. The van der Waals surface area contributed by atoms with Gasteiger partial charge in [0.15, 0.2) is 0 Å². The highest BCUT2D eigenvalue weighted by Crippen LogP contribution is 2.34. The molecule has 0 spiro atoms. The third-order valence-corrected chi connectivity index (χ3v) is 8.42. The molecule has 9 nitrogen and oxygen atoms in total. The van der Waals surface area contributed by atoms with Gasteiger partial charge in [0.2, 0.25) is 11.8 Å². The van der Waals surface area contributed by atoms with Gasteiger partial charge in [0, 0.05) is 77.1 Å². The fraction of sp³-hybridized carbons (Fsp3) is 0.545. The molecule has 0 aliphatic carbocycles. The van der Waals surface area contributed by atoms with E-state index in [0.29, 0.717) is 37.6 Å². The Morgan fingerprint density at radius 3 is 2.50 bits per heavy atom. The van der Waals surface area contributed by atoms with Gasteiger partial charge in [0.1, 0.15) is 5.75 Å². The van der Waals surface area contributed by atoms with Crippen molar-refractivity contribution in [1.29, 1.82) is 0 Å². The van der Waals surface area contributed by atoms with Crippen LogP contribution >= 0.6 is 0 Å². The van der Waals surface area contributed by atoms with Gasteiger partial charge in [-0.2, -0.15) is 0 Å². The Bertz CT molecular complexity index is 1250. The van der Waals surface area contributed by atoms with Crippen LogP contribution in [0.1, 0.15) is 61.0 Å². The largest absolute Gasteiger partial charge is 0.493 e. The average molecular weight is 579 g/mol. The van der Waals surface area contributed by atoms with Crippen LogP contribution in [-0.2, 0) is 20.7 Å². The van der Waals surface area contributed by atoms with Crippen molar-refractivity contribution in [2.75, 3.05) is 58.9 Å². The van der Waals surface area contributed by atoms with Crippen molar-refractivity contribution in [1.82, 2.24) is 15.1 Å². The number of likely N-dealkylation sites (N-methyl/N-ethyl adjacent to an activating group) is 1. The lowest BCUT2D eigenvalue weighted by molar-refractivity contribution is -0.134. The number of aryl methyl sites for hydroxylation is 1. The molecule has 2 aromatic rings. The van der Waals surface area contributed by atoms with Gasteiger partial charge >= 0.3 is 0 Å². The van der Waals surface area contributed by atoms with Crippen molar-refractivity contribution >= 4 is 23.4 Å². The fourth-order valence-corrected chi connectivity index (χ4v) is 6.00. The van der Waals surface area contributed by atoms with E-state index in [2.05, 4.69) is 17.6 Å². The number of hydrogen-bond donors (Lipinski definition) is 2. The summed E-state index contributed by atoms with van der Waals surface area (Å²) in [6.45, 7) is 10.0. The summed E-state index contributed by atoms with van der Waals surface area (Å²) in [5, 5.41) is 6.35. The van der Waals surface area contributed by atoms with Crippen molar-refractivity contribution < 1.29 is 23.9 Å². The molecule has 0 saturated carbocycles. The van der Waals surface area contributed by atoms with Crippen LogP contribution in [0.4, 0.5) is 5.69 Å². The van der Waals surface area contributed by atoms with Gasteiger partial charge in [0.25, 0.3) is 5.91 Å². The molecule has 4 rings (SSSR count). The Labute approximate surface area is 249 Å². The zero-order chi connectivity index (χ0) is 30.2. The molecule has 3 atom stereocenters. The summed E-state index contributed by atoms with van der Waals surface area (Å²) in [6.07, 6.45) is 1.75. The quantitative estimate of drug-likeness (QED) is 0.350. The van der Waals surface area contributed by atoms with Crippen molar-refractivity contribution in [2.45, 2.75) is 52.0 Å². The third-order valence-electron chi connectivity index (χ3n) is 8.42. The van der Waals surface area contributed by atoms with Gasteiger partial charge in [-0.15, -0.1) is 0 Å². The van der Waals surface area contributed by atoms with Crippen molar-refractivity contribution in [2.24, 2.45) is 11.8 Å². The van der Waals surface area contributed by atoms with E-state index in [-0.39, 0.29) is 42.0 Å². The zero-order valence-corrected chi connectivity index (χ0v) is 25.7. The summed E-state index contributed by atoms with van der Waals surface area (Å²) in [4.78, 5) is 43.4. The average Bonchev–Trinajstić information content (AvgIpc) is 3.42. The predicted molar refractivity (Wildman–Crippen MR) is 164 cm³/mol. The van der Waals surface area contributed by atoms with Crippen molar-refractivity contribution in [3.8, 4) is 5.75 Å². The van der Waals surface area contributed by atoms with Crippen LogP contribution < -0.4 is 15.4 Å². The zero-order valence-electron chi connectivity index (χ0n) is 25.7. The second kappa shape index (κ2) is 14.6. The standard InChI is InChI=1S/C33H46N4O5/c1-6-23-12-13-24(16-30(23)42-15-9-14-41-5)32(39)37(22(2)3)21-26-19-34-18-25(26)20-36(4)33(40)28-17-31(38)35-29-11-8-7-10-27(28)29/h7-8,10-13,16,22,25-26,28,34H,6,9,14-15,17-21H2,1-5H3,(H,35,38)/t25-,26-,28-/m0/s1. The molecule has 228 valence electrons. The second-order valence-electron chi connectivity index (χ2n) is 11.7. The number of para-hydroxylation sites is 1. The Morgan fingerprint density at radius 1 is 1.05 bits per heavy atom. The number of hydrogen-bond acceptors (Lipinski definition) is 6. The number of amides is 3. The molecule has 2 N–H and O–H groups in total. The Morgan fingerprint density at radius 2 is 1.79 bits per heavy atom. The maximum atomic E-state index is 13.8. The molecule has 0 unspecified atom stereocenters. The number of methoxy groups -OCH3 is 1. The van der Waals surface area contributed by atoms with Crippen molar-refractivity contribution in [3.63, 3.8) is 0 Å². The summed E-state index contributed by atoms with van der Waals surface area (Å²) in [7, 11) is 3.50. The van der Waals surface area contributed by atoms with E-state index in [9.17, 15) is 14.4 Å². The molecule has 2 heterocycles. The van der Waals surface area contributed by atoms with Gasteiger partial charge in [-0.25, -0.2) is 0 Å². The number of carbonyl (C=O) groups is 3. The van der Waals surface area contributed by atoms with Gasteiger partial charge in [-0.1, -0.05) is 31.2 Å². The number of rotatable bonds is 13. The molecule has 0 bridgehead atoms. The number of nitrogens with zero attached hydrogens (tertiary/aromatic N) is 2. The molecule has 1 saturated heterocycles. The summed E-state index contributed by atoms with van der Waals surface area (Å²) >= 11 is 0. The predicted octanol–water partition coefficient (Wildman–Crippen LogP) is 3.93. The third kappa shape index (κ3) is 7.50. The van der Waals surface area contributed by atoms with E-state index in [4.69, 9.17) is 9.47 Å². The van der Waals surface area contributed by atoms with E-state index in [1.807, 2.05) is 68.3 Å². The van der Waals surface area contributed by atoms with Crippen LogP contribution in [0.5, 0.6) is 5.75 Å². The molecule has 3 amide bonds. The van der Waals surface area contributed by atoms with E-state index >= 15 is 0 Å². The SMILES string of the molecule is CCc1ccc(C(=O)N(C[C@@H]2CNC[C@H]2CN(C)C(=O)[C@H]2CC(=O)Nc3ccccc32)C(C)C)cc1OCCCOC. The van der Waals surface area contributed by atoms with E-state index in [1.165, 1.54) is 0 Å². The molecule has 1 fully saturated rings. The molecule has 42 heavy (non-hydrogen) atoms. The monoisotopic (exact) mass is 578 g/mol. The highest BCUT2D eigenvalue weighted by molar-refractivity contribution is 6.01. The minimum atomic E-state index is -0.487. The number of benzene rings is 2. The van der Waals surface area contributed by atoms with Gasteiger partial charge in [0.05, 0.1) is 12.5 Å². The first-order chi connectivity index (χ1) is 20.2. The minimum Gasteiger partial charge on any atom is -0.493 e. The maximum Gasteiger partial charge on any atom is 0.254 e. The topological polar surface area (TPSA) is 100 Å². The van der Waals surface area contributed by atoms with Crippen LogP contribution in [0.2, 0.25) is 0 Å². The number of nitrogens with one attached hydrogen (secondary N) is 2. The van der Waals surface area contributed by atoms with Crippen LogP contribution in [-0.4, -0.2) is 87.1 Å². The smallest absolute Gasteiger partial charge is 0.254 e. The van der Waals surface area contributed by atoms with Gasteiger partial charge in [-0.3, -0.25) is 14.4 Å². The lowest BCUT2D eigenvalue weighted by Crippen LogP contribution is -2.44. The molecule has 2 aromatic carbocycles. The number of ether oxygens (including phenoxy) is 2. The highest BCUT2D eigenvalue weighted by Gasteiger charge is 2.36. The normalized spacial score (nSPS) is 19.8. The Kier molecular flexibility index (Phi) is 11.0. The van der Waals surface area contributed by atoms with Gasteiger partial charge < -0.3 is 29.9 Å². The first kappa shape index (κ1) is 31.5. The highest BCUT2D eigenvalue weighted by atomic mass is 16.5. The van der Waals surface area contributed by atoms with Crippen LogP contribution in [0, 0.1) is 11.8 Å². The van der Waals surface area contributed by atoms with E-state index in [1.54, 1.807) is 12.0 Å². The van der Waals surface area contributed by atoms with Crippen LogP contribution in [0.3, 0.4) is 0 Å². The Balaban J connectivity index is 1.43. The molecular formula is C33H46N4O5. The number of anilines is 1. The van der Waals surface area contributed by atoms with Crippen LogP contribution in [0.15, 0.2) is 42.5 Å². The summed E-state index contributed by atoms with van der Waals surface area (Å²) in [5.74, 6) is 0.432. The Hall–Kier alpha value is -3.43. The van der Waals surface area contributed by atoms with E-state index < -0.39 is 5.92 Å². The minimum absolute atomic E-state index is 0.00675. The molecular weight excluding hydrogens is 532 g/mol. The fourth-order valence-electron chi connectivity index (χ4n) is 6.00. The second-order valence-corrected chi connectivity index (χ2v) is 11.7. The lowest BCUT2D eigenvalue weighted by atomic mass is 9.88. The molecule has 9 heteroatoms. The maximum absolute atomic E-state index is 13.8. The molecule has 2 aliphatic heterocycles.